The van der Waals surface area contributed by atoms with E-state index in [0.29, 0.717) is 0 Å². The molecule has 116 valence electrons. The Hall–Kier alpha value is -1.39. The second-order valence-corrected chi connectivity index (χ2v) is 5.80. The first-order chi connectivity index (χ1) is 10.2. The van der Waals surface area contributed by atoms with Crippen molar-refractivity contribution in [1.82, 2.24) is 9.80 Å². The molecule has 1 fully saturated rings. The van der Waals surface area contributed by atoms with Gasteiger partial charge in [0.2, 0.25) is 5.91 Å². The molecular weight excluding hydrogens is 262 g/mol. The van der Waals surface area contributed by atoms with E-state index in [4.69, 9.17) is 5.73 Å². The zero-order chi connectivity index (χ0) is 15.1. The van der Waals surface area contributed by atoms with Crippen molar-refractivity contribution in [3.63, 3.8) is 0 Å². The number of hydrogen-bond acceptors (Lipinski definition) is 3. The summed E-state index contributed by atoms with van der Waals surface area (Å²) in [4.78, 5) is 16.7. The fourth-order valence-electron chi connectivity index (χ4n) is 2.83. The van der Waals surface area contributed by atoms with Gasteiger partial charge in [0.15, 0.2) is 0 Å². The van der Waals surface area contributed by atoms with Gasteiger partial charge in [-0.25, -0.2) is 0 Å². The molecule has 1 aliphatic rings. The third kappa shape index (κ3) is 4.83. The summed E-state index contributed by atoms with van der Waals surface area (Å²) in [6, 6.07) is 9.85. The zero-order valence-corrected chi connectivity index (χ0v) is 13.0. The molecule has 0 aromatic heterocycles. The molecule has 4 nitrogen and oxygen atoms in total. The number of benzene rings is 1. The molecule has 0 aliphatic carbocycles. The summed E-state index contributed by atoms with van der Waals surface area (Å²) in [5, 5.41) is 0. The van der Waals surface area contributed by atoms with Gasteiger partial charge >= 0.3 is 0 Å². The lowest BCUT2D eigenvalue weighted by molar-refractivity contribution is -0.134. The van der Waals surface area contributed by atoms with Gasteiger partial charge in [-0.3, -0.25) is 9.69 Å². The lowest BCUT2D eigenvalue weighted by Crippen LogP contribution is -2.53. The summed E-state index contributed by atoms with van der Waals surface area (Å²) in [6.45, 7) is 6.91. The summed E-state index contributed by atoms with van der Waals surface area (Å²) in [5.74, 6) is 0.113. The minimum absolute atomic E-state index is 0.113. The first kappa shape index (κ1) is 16.0. The van der Waals surface area contributed by atoms with Crippen LogP contribution >= 0.6 is 0 Å². The number of carbonyl (C=O) groups is 1. The highest BCUT2D eigenvalue weighted by Gasteiger charge is 2.24. The molecule has 21 heavy (non-hydrogen) atoms. The highest BCUT2D eigenvalue weighted by Crippen LogP contribution is 2.08. The number of nitrogens with zero attached hydrogens (tertiary/aromatic N) is 2. The molecule has 1 saturated heterocycles. The molecule has 4 heteroatoms. The van der Waals surface area contributed by atoms with Crippen LogP contribution in [0.15, 0.2) is 30.3 Å². The highest BCUT2D eigenvalue weighted by atomic mass is 16.2. The SMILES string of the molecule is CCCN1CCN(C(=O)[C@@H](N)CCc2ccccc2)CC1. The van der Waals surface area contributed by atoms with E-state index in [9.17, 15) is 4.79 Å². The van der Waals surface area contributed by atoms with Crippen LogP contribution in [0.4, 0.5) is 0 Å². The lowest BCUT2D eigenvalue weighted by Gasteiger charge is -2.35. The normalized spacial score (nSPS) is 17.7. The smallest absolute Gasteiger partial charge is 0.239 e. The first-order valence-electron chi connectivity index (χ1n) is 8.01. The standard InChI is InChI=1S/C17H27N3O/c1-2-10-19-11-13-20(14-12-19)17(21)16(18)9-8-15-6-4-3-5-7-15/h3-7,16H,2,8-14,18H2,1H3/t16-/m0/s1. The molecule has 1 amide bonds. The predicted molar refractivity (Wildman–Crippen MR) is 86.0 cm³/mol. The van der Waals surface area contributed by atoms with Crippen molar-refractivity contribution in [3.8, 4) is 0 Å². The maximum atomic E-state index is 12.4. The Balaban J connectivity index is 1.75. The van der Waals surface area contributed by atoms with E-state index in [1.165, 1.54) is 12.0 Å². The number of hydrogen-bond donors (Lipinski definition) is 1. The van der Waals surface area contributed by atoms with Crippen molar-refractivity contribution in [1.29, 1.82) is 0 Å². The third-order valence-corrected chi connectivity index (χ3v) is 4.13. The Morgan fingerprint density at radius 2 is 1.86 bits per heavy atom. The zero-order valence-electron chi connectivity index (χ0n) is 13.0. The summed E-state index contributed by atoms with van der Waals surface area (Å²) in [5.41, 5.74) is 7.33. The summed E-state index contributed by atoms with van der Waals surface area (Å²) >= 11 is 0. The number of amides is 1. The van der Waals surface area contributed by atoms with E-state index in [1.807, 2.05) is 23.1 Å². The Morgan fingerprint density at radius 3 is 2.48 bits per heavy atom. The van der Waals surface area contributed by atoms with Gasteiger partial charge in [0, 0.05) is 26.2 Å². The van der Waals surface area contributed by atoms with Gasteiger partial charge in [-0.15, -0.1) is 0 Å². The summed E-state index contributed by atoms with van der Waals surface area (Å²) < 4.78 is 0. The van der Waals surface area contributed by atoms with Gasteiger partial charge in [0.25, 0.3) is 0 Å². The third-order valence-electron chi connectivity index (χ3n) is 4.13. The molecule has 1 heterocycles. The van der Waals surface area contributed by atoms with Crippen LogP contribution in [0.25, 0.3) is 0 Å². The summed E-state index contributed by atoms with van der Waals surface area (Å²) in [7, 11) is 0. The molecule has 2 rings (SSSR count). The van der Waals surface area contributed by atoms with Crippen LogP contribution in [0.5, 0.6) is 0 Å². The molecule has 1 atom stereocenters. The highest BCUT2D eigenvalue weighted by molar-refractivity contribution is 5.81. The van der Waals surface area contributed by atoms with Crippen LogP contribution < -0.4 is 5.73 Å². The molecular formula is C17H27N3O. The van der Waals surface area contributed by atoms with Gasteiger partial charge in [-0.05, 0) is 31.4 Å². The Morgan fingerprint density at radius 1 is 1.19 bits per heavy atom. The van der Waals surface area contributed by atoms with Crippen LogP contribution in [0, 0.1) is 0 Å². The number of nitrogens with two attached hydrogens (primary N) is 1. The number of piperazine rings is 1. The van der Waals surface area contributed by atoms with Gasteiger partial charge in [-0.1, -0.05) is 37.3 Å². The van der Waals surface area contributed by atoms with Crippen molar-refractivity contribution in [2.45, 2.75) is 32.2 Å². The Bertz CT molecular complexity index is 427. The molecule has 0 spiro atoms. The largest absolute Gasteiger partial charge is 0.339 e. The van der Waals surface area contributed by atoms with E-state index in [1.54, 1.807) is 0 Å². The molecule has 0 bridgehead atoms. The molecule has 1 aromatic carbocycles. The van der Waals surface area contributed by atoms with Gasteiger partial charge in [0.1, 0.15) is 0 Å². The van der Waals surface area contributed by atoms with E-state index >= 15 is 0 Å². The van der Waals surface area contributed by atoms with Crippen LogP contribution in [0.1, 0.15) is 25.3 Å². The van der Waals surface area contributed by atoms with E-state index in [2.05, 4.69) is 24.0 Å². The van der Waals surface area contributed by atoms with E-state index < -0.39 is 0 Å². The average molecular weight is 289 g/mol. The monoisotopic (exact) mass is 289 g/mol. The van der Waals surface area contributed by atoms with Gasteiger partial charge in [0.05, 0.1) is 6.04 Å². The average Bonchev–Trinajstić information content (AvgIpc) is 2.54. The second kappa shape index (κ2) is 8.15. The minimum atomic E-state index is -0.372. The Labute approximate surface area is 127 Å². The van der Waals surface area contributed by atoms with Crippen LogP contribution in [-0.4, -0.2) is 54.5 Å². The lowest BCUT2D eigenvalue weighted by atomic mass is 10.0. The van der Waals surface area contributed by atoms with E-state index in [-0.39, 0.29) is 11.9 Å². The number of carbonyl (C=O) groups excluding carboxylic acids is 1. The van der Waals surface area contributed by atoms with Crippen molar-refractivity contribution >= 4 is 5.91 Å². The molecule has 0 saturated carbocycles. The molecule has 1 aliphatic heterocycles. The van der Waals surface area contributed by atoms with Gasteiger partial charge < -0.3 is 10.6 Å². The fraction of sp³-hybridized carbons (Fsp3) is 0.588. The van der Waals surface area contributed by atoms with Crippen LogP contribution in [0.3, 0.4) is 0 Å². The maximum absolute atomic E-state index is 12.4. The first-order valence-corrected chi connectivity index (χ1v) is 8.01. The fourth-order valence-corrected chi connectivity index (χ4v) is 2.83. The molecule has 0 unspecified atom stereocenters. The maximum Gasteiger partial charge on any atom is 0.239 e. The molecule has 1 aromatic rings. The minimum Gasteiger partial charge on any atom is -0.339 e. The van der Waals surface area contributed by atoms with Crippen LogP contribution in [-0.2, 0) is 11.2 Å². The van der Waals surface area contributed by atoms with Crippen LogP contribution in [0.2, 0.25) is 0 Å². The number of aryl methyl sites for hydroxylation is 1. The van der Waals surface area contributed by atoms with Crippen molar-refractivity contribution in [2.24, 2.45) is 5.73 Å². The second-order valence-electron chi connectivity index (χ2n) is 5.80. The Kier molecular flexibility index (Phi) is 6.21. The van der Waals surface area contributed by atoms with E-state index in [0.717, 1.165) is 45.6 Å². The van der Waals surface area contributed by atoms with Crippen molar-refractivity contribution in [3.05, 3.63) is 35.9 Å². The predicted octanol–water partition coefficient (Wildman–Crippen LogP) is 1.50. The summed E-state index contributed by atoms with van der Waals surface area (Å²) in [6.07, 6.45) is 2.76. The van der Waals surface area contributed by atoms with Crippen molar-refractivity contribution in [2.75, 3.05) is 32.7 Å². The quantitative estimate of drug-likeness (QED) is 0.863. The molecule has 2 N–H and O–H groups in total. The molecule has 0 radical (unpaired) electrons. The number of rotatable bonds is 6. The van der Waals surface area contributed by atoms with Gasteiger partial charge in [-0.2, -0.15) is 0 Å². The topological polar surface area (TPSA) is 49.6 Å². The van der Waals surface area contributed by atoms with Crippen molar-refractivity contribution < 1.29 is 4.79 Å².